The summed E-state index contributed by atoms with van der Waals surface area (Å²) < 4.78 is 0. The Hall–Kier alpha value is -1.16. The van der Waals surface area contributed by atoms with E-state index in [0.717, 1.165) is 10.6 Å². The Morgan fingerprint density at radius 3 is 2.25 bits per heavy atom. The zero-order chi connectivity index (χ0) is 9.19. The van der Waals surface area contributed by atoms with Crippen LogP contribution in [-0.4, -0.2) is 28.2 Å². The van der Waals surface area contributed by atoms with E-state index in [0.29, 0.717) is 0 Å². The first kappa shape index (κ1) is 8.93. The van der Waals surface area contributed by atoms with Gasteiger partial charge >= 0.3 is 0 Å². The highest BCUT2D eigenvalue weighted by Crippen LogP contribution is 2.11. The summed E-state index contributed by atoms with van der Waals surface area (Å²) in [7, 11) is 0. The molecule has 1 N–H and O–H groups in total. The quantitative estimate of drug-likeness (QED) is 0.600. The Morgan fingerprint density at radius 2 is 1.83 bits per heavy atom. The van der Waals surface area contributed by atoms with Crippen LogP contribution < -0.4 is 0 Å². The molecule has 0 amide bonds. The third-order valence-electron chi connectivity index (χ3n) is 1.44. The highest BCUT2D eigenvalue weighted by molar-refractivity contribution is 6.06. The summed E-state index contributed by atoms with van der Waals surface area (Å²) >= 11 is 0. The maximum absolute atomic E-state index is 9.48. The number of allylic oxidation sites excluding steroid dienone is 1. The molecular formula is C8H13N3O. The van der Waals surface area contributed by atoms with E-state index in [9.17, 15) is 5.21 Å². The van der Waals surface area contributed by atoms with E-state index in [4.69, 9.17) is 0 Å². The van der Waals surface area contributed by atoms with Crippen molar-refractivity contribution in [1.82, 2.24) is 5.06 Å². The predicted molar refractivity (Wildman–Crippen MR) is 48.4 cm³/mol. The molecule has 4 heteroatoms. The van der Waals surface area contributed by atoms with Gasteiger partial charge in [-0.3, -0.25) is 10.3 Å². The zero-order valence-electron chi connectivity index (χ0n) is 7.52. The monoisotopic (exact) mass is 167 g/mol. The summed E-state index contributed by atoms with van der Waals surface area (Å²) in [5, 5.41) is 17.9. The Balaban J connectivity index is 2.67. The second-order valence-corrected chi connectivity index (χ2v) is 3.63. The van der Waals surface area contributed by atoms with Gasteiger partial charge in [-0.25, -0.2) is 0 Å². The lowest BCUT2D eigenvalue weighted by Gasteiger charge is -2.28. The minimum absolute atomic E-state index is 0.294. The van der Waals surface area contributed by atoms with E-state index in [1.807, 2.05) is 20.8 Å². The molecule has 0 saturated carbocycles. The van der Waals surface area contributed by atoms with E-state index < -0.39 is 0 Å². The van der Waals surface area contributed by atoms with Crippen molar-refractivity contribution in [2.45, 2.75) is 26.3 Å². The number of rotatable bonds is 1. The van der Waals surface area contributed by atoms with Crippen LogP contribution in [0.5, 0.6) is 0 Å². The van der Waals surface area contributed by atoms with Gasteiger partial charge in [-0.2, -0.15) is 10.2 Å². The van der Waals surface area contributed by atoms with E-state index >= 15 is 0 Å². The number of hydrogen-bond donors (Lipinski definition) is 1. The second kappa shape index (κ2) is 3.06. The van der Waals surface area contributed by atoms with Crippen LogP contribution in [-0.2, 0) is 0 Å². The summed E-state index contributed by atoms with van der Waals surface area (Å²) in [5.41, 5.74) is 0.504. The van der Waals surface area contributed by atoms with E-state index in [-0.39, 0.29) is 5.54 Å². The van der Waals surface area contributed by atoms with E-state index in [2.05, 4.69) is 10.2 Å². The molecule has 0 fully saturated rings. The average molecular weight is 167 g/mol. The van der Waals surface area contributed by atoms with E-state index in [1.54, 1.807) is 18.6 Å². The first-order chi connectivity index (χ1) is 5.50. The summed E-state index contributed by atoms with van der Waals surface area (Å²) in [6, 6.07) is 0. The van der Waals surface area contributed by atoms with Crippen LogP contribution in [0.3, 0.4) is 0 Å². The van der Waals surface area contributed by atoms with Crippen molar-refractivity contribution in [2.75, 3.05) is 0 Å². The normalized spacial score (nSPS) is 15.5. The molecule has 0 aliphatic carbocycles. The molecule has 1 aliphatic heterocycles. The standard InChI is InChI=1S/C8H13N3O/c1-8(2,3)11(12)6-7-4-9-10-5-7/h4-6,12H,1-3H3. The van der Waals surface area contributed by atoms with Crippen molar-refractivity contribution < 1.29 is 5.21 Å². The molecule has 0 bridgehead atoms. The van der Waals surface area contributed by atoms with Crippen LogP contribution >= 0.6 is 0 Å². The molecule has 0 aromatic carbocycles. The Labute approximate surface area is 71.9 Å². The maximum atomic E-state index is 9.48. The fourth-order valence-electron chi connectivity index (χ4n) is 0.635. The first-order valence-electron chi connectivity index (χ1n) is 3.76. The Bertz CT molecular complexity index is 234. The van der Waals surface area contributed by atoms with Crippen molar-refractivity contribution in [1.29, 1.82) is 0 Å². The average Bonchev–Trinajstić information content (AvgIpc) is 2.37. The van der Waals surface area contributed by atoms with Gasteiger partial charge in [0.15, 0.2) is 0 Å². The fourth-order valence-corrected chi connectivity index (χ4v) is 0.635. The van der Waals surface area contributed by atoms with Crippen molar-refractivity contribution in [3.63, 3.8) is 0 Å². The molecule has 0 aromatic rings. The SMILES string of the molecule is CC(C)(C)N(O)C=C1C=NN=C1. The van der Waals surface area contributed by atoms with Gasteiger partial charge in [0.25, 0.3) is 0 Å². The smallest absolute Gasteiger partial charge is 0.0599 e. The van der Waals surface area contributed by atoms with Gasteiger partial charge in [-0.1, -0.05) is 0 Å². The summed E-state index contributed by atoms with van der Waals surface area (Å²) in [6.07, 6.45) is 4.78. The molecule has 0 saturated heterocycles. The zero-order valence-corrected chi connectivity index (χ0v) is 7.52. The summed E-state index contributed by atoms with van der Waals surface area (Å²) in [6.45, 7) is 5.73. The molecule has 0 aromatic heterocycles. The lowest BCUT2D eigenvalue weighted by Crippen LogP contribution is -2.34. The minimum atomic E-state index is -0.294. The van der Waals surface area contributed by atoms with Crippen molar-refractivity contribution in [3.05, 3.63) is 11.8 Å². The van der Waals surface area contributed by atoms with Gasteiger partial charge in [0.2, 0.25) is 0 Å². The number of hydrogen-bond acceptors (Lipinski definition) is 4. The van der Waals surface area contributed by atoms with Crippen LogP contribution in [0.25, 0.3) is 0 Å². The molecule has 1 rings (SSSR count). The maximum Gasteiger partial charge on any atom is 0.0599 e. The highest BCUT2D eigenvalue weighted by atomic mass is 16.5. The van der Waals surface area contributed by atoms with Gasteiger partial charge in [-0.15, -0.1) is 0 Å². The summed E-state index contributed by atoms with van der Waals surface area (Å²) in [4.78, 5) is 0. The van der Waals surface area contributed by atoms with Gasteiger partial charge in [0.05, 0.1) is 18.0 Å². The molecule has 0 radical (unpaired) electrons. The van der Waals surface area contributed by atoms with Crippen molar-refractivity contribution >= 4 is 12.4 Å². The van der Waals surface area contributed by atoms with Crippen molar-refractivity contribution in [2.24, 2.45) is 10.2 Å². The fraction of sp³-hybridized carbons (Fsp3) is 0.500. The van der Waals surface area contributed by atoms with Gasteiger partial charge in [-0.05, 0) is 20.8 Å². The van der Waals surface area contributed by atoms with Gasteiger partial charge < -0.3 is 0 Å². The number of hydroxylamine groups is 2. The third kappa shape index (κ3) is 2.17. The first-order valence-corrected chi connectivity index (χ1v) is 3.76. The molecule has 66 valence electrons. The largest absolute Gasteiger partial charge is 0.288 e. The van der Waals surface area contributed by atoms with Gasteiger partial charge in [0.1, 0.15) is 0 Å². The minimum Gasteiger partial charge on any atom is -0.288 e. The van der Waals surface area contributed by atoms with Crippen LogP contribution in [0.2, 0.25) is 0 Å². The van der Waals surface area contributed by atoms with Crippen LogP contribution in [0.4, 0.5) is 0 Å². The molecule has 4 nitrogen and oxygen atoms in total. The van der Waals surface area contributed by atoms with Crippen LogP contribution in [0.1, 0.15) is 20.8 Å². The molecule has 1 aliphatic rings. The van der Waals surface area contributed by atoms with Crippen molar-refractivity contribution in [3.8, 4) is 0 Å². The third-order valence-corrected chi connectivity index (χ3v) is 1.44. The second-order valence-electron chi connectivity index (χ2n) is 3.63. The lowest BCUT2D eigenvalue weighted by atomic mass is 10.1. The van der Waals surface area contributed by atoms with Crippen LogP contribution in [0.15, 0.2) is 22.0 Å². The predicted octanol–water partition coefficient (Wildman–Crippen LogP) is 1.43. The number of nitrogens with zero attached hydrogens (tertiary/aromatic N) is 3. The summed E-state index contributed by atoms with van der Waals surface area (Å²) in [5.74, 6) is 0. The molecule has 0 atom stereocenters. The molecular weight excluding hydrogens is 154 g/mol. The molecule has 0 spiro atoms. The van der Waals surface area contributed by atoms with Crippen LogP contribution in [0, 0.1) is 0 Å². The Kier molecular flexibility index (Phi) is 2.28. The molecule has 1 heterocycles. The topological polar surface area (TPSA) is 48.2 Å². The van der Waals surface area contributed by atoms with E-state index in [1.165, 1.54) is 0 Å². The molecule has 12 heavy (non-hydrogen) atoms. The Morgan fingerprint density at radius 1 is 1.33 bits per heavy atom. The highest BCUT2D eigenvalue weighted by Gasteiger charge is 2.16. The van der Waals surface area contributed by atoms with Gasteiger partial charge in [0, 0.05) is 11.8 Å². The molecule has 0 unspecified atom stereocenters. The lowest BCUT2D eigenvalue weighted by molar-refractivity contribution is -0.110.